The normalized spacial score (nSPS) is 22.8. The van der Waals surface area contributed by atoms with E-state index in [0.29, 0.717) is 16.7 Å². The van der Waals surface area contributed by atoms with Crippen LogP contribution in [-0.2, 0) is 4.79 Å². The molecule has 66 valence electrons. The Balaban J connectivity index is 3.24. The molecule has 0 atom stereocenters. The fourth-order valence-corrected chi connectivity index (χ4v) is 1.22. The molecule has 0 heterocycles. The Labute approximate surface area is 71.0 Å². The van der Waals surface area contributed by atoms with Gasteiger partial charge in [0.05, 0.1) is 0 Å². The van der Waals surface area contributed by atoms with Crippen LogP contribution in [0, 0.1) is 0 Å². The lowest BCUT2D eigenvalue weighted by Crippen LogP contribution is -2.33. The SMILES string of the molecule is CC1=CC(O)(O)C(C)=C(C)C1=O. The molecule has 3 heteroatoms. The predicted octanol–water partition coefficient (Wildman–Crippen LogP) is 0.533. The highest BCUT2D eigenvalue weighted by Crippen LogP contribution is 2.27. The summed E-state index contributed by atoms with van der Waals surface area (Å²) in [6, 6.07) is 0. The second-order valence-electron chi connectivity index (χ2n) is 3.13. The molecule has 1 rings (SSSR count). The molecular formula is C9H12O3. The number of hydrogen-bond donors (Lipinski definition) is 2. The van der Waals surface area contributed by atoms with Crippen molar-refractivity contribution in [3.8, 4) is 0 Å². The van der Waals surface area contributed by atoms with Crippen LogP contribution in [0.1, 0.15) is 20.8 Å². The van der Waals surface area contributed by atoms with Crippen LogP contribution in [0.4, 0.5) is 0 Å². The highest BCUT2D eigenvalue weighted by Gasteiger charge is 2.31. The zero-order chi connectivity index (χ0) is 9.52. The van der Waals surface area contributed by atoms with E-state index in [4.69, 9.17) is 0 Å². The molecule has 0 unspecified atom stereocenters. The average Bonchev–Trinajstić information content (AvgIpc) is 1.97. The number of allylic oxidation sites excluding steroid dienone is 2. The van der Waals surface area contributed by atoms with Crippen LogP contribution in [0.5, 0.6) is 0 Å². The maximum Gasteiger partial charge on any atom is 0.207 e. The van der Waals surface area contributed by atoms with E-state index in [0.717, 1.165) is 6.08 Å². The topological polar surface area (TPSA) is 57.5 Å². The first kappa shape index (κ1) is 9.16. The Morgan fingerprint density at radius 2 is 1.75 bits per heavy atom. The van der Waals surface area contributed by atoms with Gasteiger partial charge in [0, 0.05) is 5.57 Å². The molecule has 0 saturated carbocycles. The minimum Gasteiger partial charge on any atom is -0.359 e. The molecule has 1 aliphatic rings. The third-order valence-electron chi connectivity index (χ3n) is 2.23. The van der Waals surface area contributed by atoms with E-state index < -0.39 is 5.79 Å². The van der Waals surface area contributed by atoms with Crippen molar-refractivity contribution in [2.24, 2.45) is 0 Å². The summed E-state index contributed by atoms with van der Waals surface area (Å²) in [6.45, 7) is 4.70. The van der Waals surface area contributed by atoms with Crippen LogP contribution in [0.2, 0.25) is 0 Å². The first-order valence-electron chi connectivity index (χ1n) is 3.73. The number of carbonyl (C=O) groups is 1. The summed E-state index contributed by atoms with van der Waals surface area (Å²) in [6.07, 6.45) is 1.16. The highest BCUT2D eigenvalue weighted by molar-refractivity contribution is 6.09. The van der Waals surface area contributed by atoms with Gasteiger partial charge in [0.1, 0.15) is 0 Å². The van der Waals surface area contributed by atoms with E-state index in [1.54, 1.807) is 13.8 Å². The largest absolute Gasteiger partial charge is 0.359 e. The number of carbonyl (C=O) groups excluding carboxylic acids is 1. The lowest BCUT2D eigenvalue weighted by atomic mass is 9.89. The Morgan fingerprint density at radius 3 is 2.25 bits per heavy atom. The summed E-state index contributed by atoms with van der Waals surface area (Å²) in [5, 5.41) is 18.7. The molecule has 1 aliphatic carbocycles. The second-order valence-corrected chi connectivity index (χ2v) is 3.13. The van der Waals surface area contributed by atoms with E-state index in [9.17, 15) is 15.0 Å². The van der Waals surface area contributed by atoms with Gasteiger partial charge in [0.15, 0.2) is 5.78 Å². The number of Topliss-reactive ketones (excluding diaryl/α,β-unsaturated/α-hetero) is 1. The maximum atomic E-state index is 11.3. The lowest BCUT2D eigenvalue weighted by Gasteiger charge is -2.25. The lowest BCUT2D eigenvalue weighted by molar-refractivity contribution is -0.116. The van der Waals surface area contributed by atoms with Gasteiger partial charge >= 0.3 is 0 Å². The monoisotopic (exact) mass is 168 g/mol. The van der Waals surface area contributed by atoms with E-state index in [1.807, 2.05) is 0 Å². The third kappa shape index (κ3) is 1.21. The Kier molecular flexibility index (Phi) is 1.94. The third-order valence-corrected chi connectivity index (χ3v) is 2.23. The van der Waals surface area contributed by atoms with Crippen LogP contribution in [-0.4, -0.2) is 21.8 Å². The van der Waals surface area contributed by atoms with Crippen LogP contribution in [0.25, 0.3) is 0 Å². The van der Waals surface area contributed by atoms with Crippen molar-refractivity contribution in [1.29, 1.82) is 0 Å². The molecule has 0 fully saturated rings. The van der Waals surface area contributed by atoms with Gasteiger partial charge in [-0.05, 0) is 38.0 Å². The number of aliphatic hydroxyl groups is 2. The van der Waals surface area contributed by atoms with Gasteiger partial charge in [-0.1, -0.05) is 0 Å². The minimum atomic E-state index is -1.94. The maximum absolute atomic E-state index is 11.3. The van der Waals surface area contributed by atoms with E-state index in [-0.39, 0.29) is 5.78 Å². The number of ketones is 1. The van der Waals surface area contributed by atoms with Crippen molar-refractivity contribution < 1.29 is 15.0 Å². The fraction of sp³-hybridized carbons (Fsp3) is 0.444. The summed E-state index contributed by atoms with van der Waals surface area (Å²) in [5.74, 6) is -2.06. The second kappa shape index (κ2) is 2.54. The molecule has 0 bridgehead atoms. The quantitative estimate of drug-likeness (QED) is 0.519. The van der Waals surface area contributed by atoms with Gasteiger partial charge in [-0.3, -0.25) is 4.79 Å². The van der Waals surface area contributed by atoms with Gasteiger partial charge in [0.2, 0.25) is 5.79 Å². The van der Waals surface area contributed by atoms with Crippen molar-refractivity contribution in [3.63, 3.8) is 0 Å². The molecule has 0 aromatic carbocycles. The van der Waals surface area contributed by atoms with Gasteiger partial charge in [-0.25, -0.2) is 0 Å². The molecule has 0 aromatic rings. The van der Waals surface area contributed by atoms with Gasteiger partial charge in [0.25, 0.3) is 0 Å². The number of hydrogen-bond acceptors (Lipinski definition) is 3. The smallest absolute Gasteiger partial charge is 0.207 e. The van der Waals surface area contributed by atoms with E-state index in [1.165, 1.54) is 6.92 Å². The summed E-state index contributed by atoms with van der Waals surface area (Å²) < 4.78 is 0. The van der Waals surface area contributed by atoms with Gasteiger partial charge < -0.3 is 10.2 Å². The molecular weight excluding hydrogens is 156 g/mol. The Morgan fingerprint density at radius 1 is 1.25 bits per heavy atom. The van der Waals surface area contributed by atoms with Crippen molar-refractivity contribution >= 4 is 5.78 Å². The van der Waals surface area contributed by atoms with Crippen LogP contribution in [0.15, 0.2) is 22.8 Å². The molecule has 2 N–H and O–H groups in total. The molecule has 0 saturated heterocycles. The zero-order valence-corrected chi connectivity index (χ0v) is 7.38. The Hall–Kier alpha value is -0.930. The Bertz CT molecular complexity index is 295. The molecule has 0 spiro atoms. The van der Waals surface area contributed by atoms with Crippen molar-refractivity contribution in [3.05, 3.63) is 22.8 Å². The molecule has 0 aromatic heterocycles. The molecule has 0 radical (unpaired) electrons. The van der Waals surface area contributed by atoms with Crippen LogP contribution >= 0.6 is 0 Å². The van der Waals surface area contributed by atoms with Crippen LogP contribution in [0.3, 0.4) is 0 Å². The minimum absolute atomic E-state index is 0.119. The first-order valence-corrected chi connectivity index (χ1v) is 3.73. The molecule has 0 amide bonds. The number of rotatable bonds is 0. The summed E-state index contributed by atoms with van der Waals surface area (Å²) in [7, 11) is 0. The van der Waals surface area contributed by atoms with Gasteiger partial charge in [-0.15, -0.1) is 0 Å². The molecule has 3 nitrogen and oxygen atoms in total. The fourth-order valence-electron chi connectivity index (χ4n) is 1.22. The predicted molar refractivity (Wildman–Crippen MR) is 44.3 cm³/mol. The average molecular weight is 168 g/mol. The highest BCUT2D eigenvalue weighted by atomic mass is 16.5. The van der Waals surface area contributed by atoms with Crippen LogP contribution < -0.4 is 0 Å². The molecule has 12 heavy (non-hydrogen) atoms. The standard InChI is InChI=1S/C9H12O3/c1-5-4-9(11,12)7(3)6(2)8(5)10/h4,11-12H,1-3H3. The van der Waals surface area contributed by atoms with Crippen molar-refractivity contribution in [2.45, 2.75) is 26.6 Å². The molecule has 0 aliphatic heterocycles. The van der Waals surface area contributed by atoms with Crippen molar-refractivity contribution in [2.75, 3.05) is 0 Å². The summed E-state index contributed by atoms with van der Waals surface area (Å²) >= 11 is 0. The first-order chi connectivity index (χ1) is 5.36. The zero-order valence-electron chi connectivity index (χ0n) is 7.38. The van der Waals surface area contributed by atoms with E-state index >= 15 is 0 Å². The summed E-state index contributed by atoms with van der Waals surface area (Å²) in [4.78, 5) is 11.3. The van der Waals surface area contributed by atoms with Gasteiger partial charge in [-0.2, -0.15) is 0 Å². The van der Waals surface area contributed by atoms with Crippen molar-refractivity contribution in [1.82, 2.24) is 0 Å². The summed E-state index contributed by atoms with van der Waals surface area (Å²) in [5.41, 5.74) is 1.10. The van der Waals surface area contributed by atoms with E-state index in [2.05, 4.69) is 0 Å².